The van der Waals surface area contributed by atoms with Crippen LogP contribution in [-0.2, 0) is 0 Å². The lowest BCUT2D eigenvalue weighted by molar-refractivity contribution is 0.0997. The lowest BCUT2D eigenvalue weighted by Gasteiger charge is -2.14. The van der Waals surface area contributed by atoms with Crippen LogP contribution in [0.1, 0.15) is 24.3 Å². The molecule has 0 aliphatic rings. The van der Waals surface area contributed by atoms with Crippen molar-refractivity contribution in [3.63, 3.8) is 0 Å². The van der Waals surface area contributed by atoms with Gasteiger partial charge in [-0.2, -0.15) is 0 Å². The van der Waals surface area contributed by atoms with Gasteiger partial charge in [-0.05, 0) is 32.0 Å². The van der Waals surface area contributed by atoms with E-state index in [0.29, 0.717) is 27.8 Å². The third-order valence-electron chi connectivity index (χ3n) is 3.60. The van der Waals surface area contributed by atoms with Gasteiger partial charge in [0.25, 0.3) is 5.91 Å². The molecule has 0 atom stereocenters. The average molecular weight is 347 g/mol. The number of ether oxygens (including phenoxy) is 1. The predicted octanol–water partition coefficient (Wildman–Crippen LogP) is 4.51. The number of H-pyrrole nitrogens is 1. The van der Waals surface area contributed by atoms with Gasteiger partial charge in [0.05, 0.1) is 11.1 Å². The van der Waals surface area contributed by atoms with Gasteiger partial charge in [0.1, 0.15) is 17.3 Å². The summed E-state index contributed by atoms with van der Waals surface area (Å²) in [6, 6.07) is 10.0. The number of halogens is 2. The second-order valence-corrected chi connectivity index (χ2v) is 6.12. The highest BCUT2D eigenvalue weighted by Crippen LogP contribution is 2.39. The minimum Gasteiger partial charge on any atom is -0.490 e. The molecule has 0 bridgehead atoms. The number of rotatable bonds is 4. The summed E-state index contributed by atoms with van der Waals surface area (Å²) in [5.41, 5.74) is 7.38. The summed E-state index contributed by atoms with van der Waals surface area (Å²) in [4.78, 5) is 14.8. The van der Waals surface area contributed by atoms with Crippen LogP contribution in [0.5, 0.6) is 5.75 Å². The number of fused-ring (bicyclic) bond motifs is 1. The number of hydrogen-bond donors (Lipinski definition) is 2. The topological polar surface area (TPSA) is 68.1 Å². The Bertz CT molecular complexity index is 934. The maximum Gasteiger partial charge on any atom is 0.265 e. The molecule has 0 aliphatic heterocycles. The fourth-order valence-electron chi connectivity index (χ4n) is 2.68. The number of primary amides is 1. The highest BCUT2D eigenvalue weighted by Gasteiger charge is 2.21. The summed E-state index contributed by atoms with van der Waals surface area (Å²) in [7, 11) is 0. The maximum atomic E-state index is 13.8. The number of aromatic nitrogens is 1. The minimum atomic E-state index is -0.642. The molecule has 0 spiro atoms. The van der Waals surface area contributed by atoms with Crippen molar-refractivity contribution < 1.29 is 13.9 Å². The smallest absolute Gasteiger partial charge is 0.265 e. The first-order chi connectivity index (χ1) is 11.4. The molecule has 0 saturated heterocycles. The van der Waals surface area contributed by atoms with Crippen molar-refractivity contribution in [3.8, 4) is 16.9 Å². The van der Waals surface area contributed by atoms with E-state index in [1.807, 2.05) is 38.1 Å². The van der Waals surface area contributed by atoms with Gasteiger partial charge >= 0.3 is 0 Å². The lowest BCUT2D eigenvalue weighted by atomic mass is 10.0. The molecule has 2 aromatic carbocycles. The van der Waals surface area contributed by atoms with E-state index >= 15 is 0 Å². The van der Waals surface area contributed by atoms with E-state index in [-0.39, 0.29) is 16.8 Å². The summed E-state index contributed by atoms with van der Waals surface area (Å²) in [5.74, 6) is -0.604. The molecule has 124 valence electrons. The van der Waals surface area contributed by atoms with Crippen molar-refractivity contribution in [2.45, 2.75) is 20.0 Å². The van der Waals surface area contributed by atoms with Crippen LogP contribution in [0, 0.1) is 5.82 Å². The molecule has 4 nitrogen and oxygen atoms in total. The number of carbonyl (C=O) groups excluding carboxylic acids is 1. The van der Waals surface area contributed by atoms with Crippen molar-refractivity contribution in [1.29, 1.82) is 0 Å². The van der Waals surface area contributed by atoms with Gasteiger partial charge in [-0.1, -0.05) is 29.8 Å². The van der Waals surface area contributed by atoms with Crippen LogP contribution in [0.25, 0.3) is 22.0 Å². The molecule has 24 heavy (non-hydrogen) atoms. The molecule has 3 aromatic rings. The highest BCUT2D eigenvalue weighted by molar-refractivity contribution is 6.31. The number of nitrogens with two attached hydrogens (primary N) is 1. The fraction of sp³-hybridized carbons (Fsp3) is 0.167. The van der Waals surface area contributed by atoms with Crippen LogP contribution in [0.3, 0.4) is 0 Å². The third-order valence-corrected chi connectivity index (χ3v) is 3.89. The molecule has 0 aliphatic carbocycles. The van der Waals surface area contributed by atoms with E-state index in [9.17, 15) is 9.18 Å². The first-order valence-electron chi connectivity index (χ1n) is 7.45. The summed E-state index contributed by atoms with van der Waals surface area (Å²) in [5, 5.41) is 0.580. The quantitative estimate of drug-likeness (QED) is 0.729. The zero-order valence-electron chi connectivity index (χ0n) is 13.2. The van der Waals surface area contributed by atoms with Crippen LogP contribution in [0.15, 0.2) is 36.4 Å². The number of hydrogen-bond acceptors (Lipinski definition) is 2. The fourth-order valence-corrected chi connectivity index (χ4v) is 2.85. The van der Waals surface area contributed by atoms with Crippen molar-refractivity contribution >= 4 is 28.4 Å². The number of aromatic amines is 1. The average Bonchev–Trinajstić information content (AvgIpc) is 2.86. The van der Waals surface area contributed by atoms with Gasteiger partial charge in [-0.15, -0.1) is 0 Å². The Hall–Kier alpha value is -2.53. The monoisotopic (exact) mass is 346 g/mol. The minimum absolute atomic E-state index is 0.0268. The largest absolute Gasteiger partial charge is 0.490 e. The Kier molecular flexibility index (Phi) is 4.20. The first-order valence-corrected chi connectivity index (χ1v) is 7.83. The van der Waals surface area contributed by atoms with Gasteiger partial charge in [-0.25, -0.2) is 4.39 Å². The molecule has 3 N–H and O–H groups in total. The number of para-hydroxylation sites is 1. The molecule has 0 fully saturated rings. The molecular weight excluding hydrogens is 331 g/mol. The van der Waals surface area contributed by atoms with Gasteiger partial charge in [-0.3, -0.25) is 4.79 Å². The maximum absolute atomic E-state index is 13.8. The van der Waals surface area contributed by atoms with E-state index in [2.05, 4.69) is 4.98 Å². The Morgan fingerprint density at radius 3 is 2.67 bits per heavy atom. The Labute approximate surface area is 143 Å². The Morgan fingerprint density at radius 1 is 1.29 bits per heavy atom. The summed E-state index contributed by atoms with van der Waals surface area (Å²) in [6.07, 6.45) is -0.0468. The second kappa shape index (κ2) is 6.17. The SMILES string of the molecule is CC(C)Oc1ccccc1-c1c(C(N)=O)[nH]c2cc(F)c(Cl)cc12. The molecule has 0 radical (unpaired) electrons. The van der Waals surface area contributed by atoms with Gasteiger partial charge in [0.15, 0.2) is 0 Å². The highest BCUT2D eigenvalue weighted by atomic mass is 35.5. The molecule has 3 rings (SSSR count). The van der Waals surface area contributed by atoms with Crippen molar-refractivity contribution in [3.05, 3.63) is 52.9 Å². The second-order valence-electron chi connectivity index (χ2n) is 5.71. The van der Waals surface area contributed by atoms with E-state index in [1.54, 1.807) is 0 Å². The van der Waals surface area contributed by atoms with Crippen LogP contribution in [0.4, 0.5) is 4.39 Å². The van der Waals surface area contributed by atoms with Gasteiger partial charge in [0.2, 0.25) is 0 Å². The van der Waals surface area contributed by atoms with Crippen LogP contribution >= 0.6 is 11.6 Å². The van der Waals surface area contributed by atoms with Crippen LogP contribution in [0.2, 0.25) is 5.02 Å². The third kappa shape index (κ3) is 2.83. The Balaban J connectivity index is 2.35. The number of benzene rings is 2. The van der Waals surface area contributed by atoms with Crippen LogP contribution in [-0.4, -0.2) is 17.0 Å². The molecule has 6 heteroatoms. The number of amides is 1. The molecular formula is C18H16ClFN2O2. The van der Waals surface area contributed by atoms with Gasteiger partial charge < -0.3 is 15.5 Å². The van der Waals surface area contributed by atoms with Crippen LogP contribution < -0.4 is 10.5 Å². The molecule has 0 unspecified atom stereocenters. The predicted molar refractivity (Wildman–Crippen MR) is 93.0 cm³/mol. The number of carbonyl (C=O) groups is 1. The van der Waals surface area contributed by atoms with Gasteiger partial charge in [0, 0.05) is 22.0 Å². The van der Waals surface area contributed by atoms with E-state index in [4.69, 9.17) is 22.1 Å². The summed E-state index contributed by atoms with van der Waals surface area (Å²) in [6.45, 7) is 3.82. The van der Waals surface area contributed by atoms with E-state index in [1.165, 1.54) is 12.1 Å². The van der Waals surface area contributed by atoms with E-state index in [0.717, 1.165) is 0 Å². The molecule has 1 aromatic heterocycles. The standard InChI is InChI=1S/C18H16ClFN2O2/c1-9(2)24-15-6-4-3-5-10(15)16-11-7-12(19)13(20)8-14(11)22-17(16)18(21)23/h3-9,22H,1-2H3,(H2,21,23). The van der Waals surface area contributed by atoms with E-state index < -0.39 is 11.7 Å². The van der Waals surface area contributed by atoms with Crippen molar-refractivity contribution in [1.82, 2.24) is 4.98 Å². The number of nitrogens with one attached hydrogen (secondary N) is 1. The molecule has 1 amide bonds. The zero-order valence-corrected chi connectivity index (χ0v) is 13.9. The lowest BCUT2D eigenvalue weighted by Crippen LogP contribution is -2.13. The zero-order chi connectivity index (χ0) is 17.4. The normalized spacial score (nSPS) is 11.2. The molecule has 1 heterocycles. The summed E-state index contributed by atoms with van der Waals surface area (Å²) >= 11 is 5.92. The van der Waals surface area contributed by atoms with Crippen molar-refractivity contribution in [2.24, 2.45) is 5.73 Å². The Morgan fingerprint density at radius 2 is 2.00 bits per heavy atom. The van der Waals surface area contributed by atoms with Crippen molar-refractivity contribution in [2.75, 3.05) is 0 Å². The summed E-state index contributed by atoms with van der Waals surface area (Å²) < 4.78 is 19.6. The molecule has 0 saturated carbocycles. The first kappa shape index (κ1) is 16.3.